The Kier molecular flexibility index (Phi) is 5.61. The van der Waals surface area contributed by atoms with E-state index >= 15 is 0 Å². The third-order valence-corrected chi connectivity index (χ3v) is 1.26. The van der Waals surface area contributed by atoms with E-state index in [0.29, 0.717) is 0 Å². The van der Waals surface area contributed by atoms with E-state index in [-0.39, 0.29) is 6.61 Å². The van der Waals surface area contributed by atoms with Gasteiger partial charge in [0.25, 0.3) is 0 Å². The Morgan fingerprint density at radius 2 is 1.92 bits per heavy atom. The molecule has 0 bridgehead atoms. The van der Waals surface area contributed by atoms with Crippen molar-refractivity contribution in [2.24, 2.45) is 5.73 Å². The molecule has 0 aromatic rings. The number of methoxy groups -OCH3 is 2. The molecule has 0 saturated heterocycles. The number of esters is 1. The zero-order valence-corrected chi connectivity index (χ0v) is 7.57. The van der Waals surface area contributed by atoms with Gasteiger partial charge in [-0.2, -0.15) is 0 Å². The molecule has 12 heavy (non-hydrogen) atoms. The van der Waals surface area contributed by atoms with Gasteiger partial charge in [0, 0.05) is 14.2 Å². The first-order valence-electron chi connectivity index (χ1n) is 3.59. The predicted octanol–water partition coefficient (Wildman–Crippen LogP) is -0.504. The predicted molar refractivity (Wildman–Crippen MR) is 42.4 cm³/mol. The standard InChI is InChI=1S/C7H15NO4/c1-5(8)7(9)12-4-6(10-2)11-3/h5-6H,4,8H2,1-3H3/t5-/m0/s1. The highest BCUT2D eigenvalue weighted by Gasteiger charge is 2.12. The zero-order valence-electron chi connectivity index (χ0n) is 7.57. The molecule has 2 N–H and O–H groups in total. The Hall–Kier alpha value is -0.650. The van der Waals surface area contributed by atoms with Crippen molar-refractivity contribution in [2.75, 3.05) is 20.8 Å². The molecule has 0 spiro atoms. The van der Waals surface area contributed by atoms with Gasteiger partial charge in [-0.05, 0) is 6.92 Å². The van der Waals surface area contributed by atoms with E-state index in [0.717, 1.165) is 0 Å². The zero-order chi connectivity index (χ0) is 9.56. The van der Waals surface area contributed by atoms with Gasteiger partial charge in [0.15, 0.2) is 6.29 Å². The minimum atomic E-state index is -0.612. The molecule has 0 fully saturated rings. The van der Waals surface area contributed by atoms with E-state index in [4.69, 9.17) is 19.9 Å². The largest absolute Gasteiger partial charge is 0.459 e. The number of nitrogens with two attached hydrogens (primary N) is 1. The summed E-state index contributed by atoms with van der Waals surface area (Å²) in [4.78, 5) is 10.8. The number of ether oxygens (including phenoxy) is 3. The van der Waals surface area contributed by atoms with E-state index in [1.807, 2.05) is 0 Å². The minimum Gasteiger partial charge on any atom is -0.459 e. The first kappa shape index (κ1) is 11.4. The Morgan fingerprint density at radius 1 is 1.42 bits per heavy atom. The van der Waals surface area contributed by atoms with Gasteiger partial charge >= 0.3 is 5.97 Å². The Balaban J connectivity index is 3.59. The minimum absolute atomic E-state index is 0.0629. The maximum Gasteiger partial charge on any atom is 0.322 e. The lowest BCUT2D eigenvalue weighted by Crippen LogP contribution is -2.32. The van der Waals surface area contributed by atoms with Crippen LogP contribution in [0.3, 0.4) is 0 Å². The maximum atomic E-state index is 10.8. The molecule has 72 valence electrons. The molecule has 0 unspecified atom stereocenters. The van der Waals surface area contributed by atoms with Crippen LogP contribution < -0.4 is 5.73 Å². The van der Waals surface area contributed by atoms with Crippen LogP contribution in [0.25, 0.3) is 0 Å². The Labute approximate surface area is 71.8 Å². The van der Waals surface area contributed by atoms with Crippen LogP contribution in [0.4, 0.5) is 0 Å². The van der Waals surface area contributed by atoms with Crippen molar-refractivity contribution in [2.45, 2.75) is 19.3 Å². The average Bonchev–Trinajstić information content (AvgIpc) is 2.05. The van der Waals surface area contributed by atoms with Crippen LogP contribution in [0.15, 0.2) is 0 Å². The highest BCUT2D eigenvalue weighted by molar-refractivity contribution is 5.74. The molecular formula is C7H15NO4. The number of hydrogen-bond acceptors (Lipinski definition) is 5. The summed E-state index contributed by atoms with van der Waals surface area (Å²) in [6.45, 7) is 1.62. The van der Waals surface area contributed by atoms with Crippen LogP contribution in [0.5, 0.6) is 0 Å². The Morgan fingerprint density at radius 3 is 2.25 bits per heavy atom. The molecule has 0 aromatic carbocycles. The third-order valence-electron chi connectivity index (χ3n) is 1.26. The number of carbonyl (C=O) groups is 1. The van der Waals surface area contributed by atoms with Crippen LogP contribution in [0.1, 0.15) is 6.92 Å². The fraction of sp³-hybridized carbons (Fsp3) is 0.857. The second-order valence-corrected chi connectivity index (χ2v) is 2.32. The molecule has 0 aliphatic heterocycles. The third kappa shape index (κ3) is 4.27. The fourth-order valence-electron chi connectivity index (χ4n) is 0.514. The van der Waals surface area contributed by atoms with Crippen LogP contribution >= 0.6 is 0 Å². The van der Waals surface area contributed by atoms with Gasteiger partial charge < -0.3 is 19.9 Å². The van der Waals surface area contributed by atoms with Gasteiger partial charge in [-0.25, -0.2) is 0 Å². The SMILES string of the molecule is COC(COC(=O)[C@H](C)N)OC. The lowest BCUT2D eigenvalue weighted by Gasteiger charge is -2.14. The second kappa shape index (κ2) is 5.93. The summed E-state index contributed by atoms with van der Waals surface area (Å²) >= 11 is 0. The fourth-order valence-corrected chi connectivity index (χ4v) is 0.514. The van der Waals surface area contributed by atoms with Crippen LogP contribution in [-0.4, -0.2) is 39.1 Å². The van der Waals surface area contributed by atoms with Gasteiger partial charge in [0.05, 0.1) is 0 Å². The monoisotopic (exact) mass is 177 g/mol. The van der Waals surface area contributed by atoms with Gasteiger partial charge in [-0.15, -0.1) is 0 Å². The topological polar surface area (TPSA) is 70.8 Å². The highest BCUT2D eigenvalue weighted by atomic mass is 16.7. The molecule has 0 heterocycles. The van der Waals surface area contributed by atoms with E-state index in [1.165, 1.54) is 14.2 Å². The smallest absolute Gasteiger partial charge is 0.322 e. The molecule has 1 atom stereocenters. The number of rotatable bonds is 5. The summed E-state index contributed by atoms with van der Waals surface area (Å²) in [6, 6.07) is -0.612. The quantitative estimate of drug-likeness (QED) is 0.452. The molecular weight excluding hydrogens is 162 g/mol. The van der Waals surface area contributed by atoms with Crippen molar-refractivity contribution in [1.82, 2.24) is 0 Å². The van der Waals surface area contributed by atoms with Crippen molar-refractivity contribution in [3.63, 3.8) is 0 Å². The molecule has 0 aliphatic carbocycles. The average molecular weight is 177 g/mol. The normalized spacial score (nSPS) is 13.1. The summed E-state index contributed by atoms with van der Waals surface area (Å²) in [5, 5.41) is 0. The molecule has 5 heteroatoms. The van der Waals surface area contributed by atoms with Crippen LogP contribution in [0, 0.1) is 0 Å². The van der Waals surface area contributed by atoms with Crippen LogP contribution in [-0.2, 0) is 19.0 Å². The summed E-state index contributed by atoms with van der Waals surface area (Å²) in [5.74, 6) is -0.464. The van der Waals surface area contributed by atoms with Crippen molar-refractivity contribution >= 4 is 5.97 Å². The Bertz CT molecular complexity index is 133. The van der Waals surface area contributed by atoms with Gasteiger partial charge in [-0.3, -0.25) is 4.79 Å². The number of carbonyl (C=O) groups excluding carboxylic acids is 1. The first-order chi connectivity index (χ1) is 5.61. The van der Waals surface area contributed by atoms with E-state index in [2.05, 4.69) is 0 Å². The summed E-state index contributed by atoms with van der Waals surface area (Å²) < 4.78 is 14.3. The second-order valence-electron chi connectivity index (χ2n) is 2.32. The summed E-state index contributed by atoms with van der Waals surface area (Å²) in [7, 11) is 2.93. The lowest BCUT2D eigenvalue weighted by atomic mass is 10.4. The van der Waals surface area contributed by atoms with Crippen molar-refractivity contribution in [1.29, 1.82) is 0 Å². The van der Waals surface area contributed by atoms with Gasteiger partial charge in [-0.1, -0.05) is 0 Å². The molecule has 0 aromatic heterocycles. The van der Waals surface area contributed by atoms with Crippen molar-refractivity contribution < 1.29 is 19.0 Å². The van der Waals surface area contributed by atoms with E-state index < -0.39 is 18.3 Å². The molecule has 0 rings (SSSR count). The highest BCUT2D eigenvalue weighted by Crippen LogP contribution is 1.93. The van der Waals surface area contributed by atoms with Gasteiger partial charge in [0.2, 0.25) is 0 Å². The van der Waals surface area contributed by atoms with E-state index in [9.17, 15) is 4.79 Å². The lowest BCUT2D eigenvalue weighted by molar-refractivity contribution is -0.167. The van der Waals surface area contributed by atoms with Gasteiger partial charge in [0.1, 0.15) is 12.6 Å². The van der Waals surface area contributed by atoms with Crippen LogP contribution in [0.2, 0.25) is 0 Å². The summed E-state index contributed by atoms with van der Waals surface area (Å²) in [5.41, 5.74) is 5.25. The first-order valence-corrected chi connectivity index (χ1v) is 3.59. The van der Waals surface area contributed by atoms with Crippen molar-refractivity contribution in [3.8, 4) is 0 Å². The summed E-state index contributed by atoms with van der Waals surface area (Å²) in [6.07, 6.45) is -0.521. The number of hydrogen-bond donors (Lipinski definition) is 1. The molecule has 0 aliphatic rings. The maximum absolute atomic E-state index is 10.8. The molecule has 0 amide bonds. The van der Waals surface area contributed by atoms with E-state index in [1.54, 1.807) is 6.92 Å². The molecule has 0 saturated carbocycles. The molecule has 5 nitrogen and oxygen atoms in total. The molecule has 0 radical (unpaired) electrons. The van der Waals surface area contributed by atoms with Crippen molar-refractivity contribution in [3.05, 3.63) is 0 Å².